The molecule has 1 aromatic rings. The fourth-order valence-electron chi connectivity index (χ4n) is 1.32. The molecule has 0 spiro atoms. The van der Waals surface area contributed by atoms with Gasteiger partial charge >= 0.3 is 6.09 Å². The van der Waals surface area contributed by atoms with Crippen molar-refractivity contribution in [3.05, 3.63) is 35.9 Å². The number of hydrogen-bond acceptors (Lipinski definition) is 2. The lowest BCUT2D eigenvalue weighted by Crippen LogP contribution is -2.41. The molecule has 1 unspecified atom stereocenters. The number of carboxylic acid groups (broad SMARTS) is 1. The summed E-state index contributed by atoms with van der Waals surface area (Å²) < 4.78 is 0. The van der Waals surface area contributed by atoms with Crippen LogP contribution in [0.15, 0.2) is 30.3 Å². The van der Waals surface area contributed by atoms with Gasteiger partial charge in [0.1, 0.15) is 0 Å². The van der Waals surface area contributed by atoms with Crippen molar-refractivity contribution in [2.24, 2.45) is 5.73 Å². The number of nitrogens with zero attached hydrogens (tertiary/aromatic N) is 1. The van der Waals surface area contributed by atoms with Gasteiger partial charge < -0.3 is 15.7 Å². The predicted octanol–water partition coefficient (Wildman–Crippen LogP) is 1.51. The molecule has 0 aliphatic heterocycles. The standard InChI is InChI=1S/C11H16N2O2/c1-9(7-12)13(11(14)15)8-10-5-3-2-4-6-10/h2-6,9H,7-8,12H2,1H3,(H,14,15). The Balaban J connectivity index is 2.71. The third-order valence-corrected chi connectivity index (χ3v) is 2.31. The Morgan fingerprint density at radius 3 is 2.53 bits per heavy atom. The highest BCUT2D eigenvalue weighted by atomic mass is 16.4. The molecule has 4 heteroatoms. The van der Waals surface area contributed by atoms with Gasteiger partial charge in [0.05, 0.1) is 0 Å². The minimum atomic E-state index is -0.934. The van der Waals surface area contributed by atoms with Gasteiger partial charge in [-0.1, -0.05) is 30.3 Å². The highest BCUT2D eigenvalue weighted by molar-refractivity contribution is 5.65. The van der Waals surface area contributed by atoms with Crippen LogP contribution in [0.4, 0.5) is 4.79 Å². The van der Waals surface area contributed by atoms with Gasteiger partial charge in [-0.15, -0.1) is 0 Å². The van der Waals surface area contributed by atoms with Crippen molar-refractivity contribution in [1.82, 2.24) is 4.90 Å². The van der Waals surface area contributed by atoms with E-state index in [9.17, 15) is 4.79 Å². The van der Waals surface area contributed by atoms with Crippen molar-refractivity contribution >= 4 is 6.09 Å². The average Bonchev–Trinajstić information content (AvgIpc) is 2.26. The summed E-state index contributed by atoms with van der Waals surface area (Å²) in [5.74, 6) is 0. The van der Waals surface area contributed by atoms with E-state index < -0.39 is 6.09 Å². The molecule has 0 bridgehead atoms. The Bertz CT molecular complexity index is 314. The molecule has 1 rings (SSSR count). The number of amides is 1. The van der Waals surface area contributed by atoms with Crippen LogP contribution < -0.4 is 5.73 Å². The molecular weight excluding hydrogens is 192 g/mol. The van der Waals surface area contributed by atoms with Crippen LogP contribution in [0, 0.1) is 0 Å². The lowest BCUT2D eigenvalue weighted by atomic mass is 10.2. The van der Waals surface area contributed by atoms with E-state index in [1.807, 2.05) is 30.3 Å². The minimum absolute atomic E-state index is 0.164. The van der Waals surface area contributed by atoms with E-state index >= 15 is 0 Å². The van der Waals surface area contributed by atoms with E-state index in [0.29, 0.717) is 13.1 Å². The molecule has 1 atom stereocenters. The fourth-order valence-corrected chi connectivity index (χ4v) is 1.32. The molecule has 3 N–H and O–H groups in total. The van der Waals surface area contributed by atoms with Crippen LogP contribution in [0.5, 0.6) is 0 Å². The monoisotopic (exact) mass is 208 g/mol. The average molecular weight is 208 g/mol. The van der Waals surface area contributed by atoms with Crippen LogP contribution in [-0.4, -0.2) is 28.7 Å². The number of rotatable bonds is 4. The predicted molar refractivity (Wildman–Crippen MR) is 58.5 cm³/mol. The highest BCUT2D eigenvalue weighted by Crippen LogP contribution is 2.07. The summed E-state index contributed by atoms with van der Waals surface area (Å²) >= 11 is 0. The van der Waals surface area contributed by atoms with E-state index in [1.165, 1.54) is 4.90 Å². The Morgan fingerprint density at radius 1 is 1.47 bits per heavy atom. The molecule has 1 amide bonds. The molecule has 1 aromatic carbocycles. The SMILES string of the molecule is CC(CN)N(Cc1ccccc1)C(=O)O. The quantitative estimate of drug-likeness (QED) is 0.788. The van der Waals surface area contributed by atoms with Crippen LogP contribution in [-0.2, 0) is 6.54 Å². The second-order valence-corrected chi connectivity index (χ2v) is 3.48. The van der Waals surface area contributed by atoms with Crippen molar-refractivity contribution in [2.75, 3.05) is 6.54 Å². The smallest absolute Gasteiger partial charge is 0.407 e. The molecule has 0 radical (unpaired) electrons. The first-order chi connectivity index (χ1) is 7.15. The van der Waals surface area contributed by atoms with Crippen molar-refractivity contribution in [3.8, 4) is 0 Å². The number of hydrogen-bond donors (Lipinski definition) is 2. The molecule has 0 aliphatic carbocycles. The van der Waals surface area contributed by atoms with Gasteiger partial charge in [-0.25, -0.2) is 4.79 Å². The van der Waals surface area contributed by atoms with Gasteiger partial charge in [0, 0.05) is 19.1 Å². The van der Waals surface area contributed by atoms with Gasteiger partial charge in [-0.2, -0.15) is 0 Å². The summed E-state index contributed by atoms with van der Waals surface area (Å²) in [6.07, 6.45) is -0.934. The fraction of sp³-hybridized carbons (Fsp3) is 0.364. The molecule has 0 heterocycles. The zero-order valence-electron chi connectivity index (χ0n) is 8.76. The summed E-state index contributed by atoms with van der Waals surface area (Å²) in [6, 6.07) is 9.33. The highest BCUT2D eigenvalue weighted by Gasteiger charge is 2.17. The second-order valence-electron chi connectivity index (χ2n) is 3.48. The van der Waals surface area contributed by atoms with Crippen LogP contribution in [0.3, 0.4) is 0 Å². The largest absolute Gasteiger partial charge is 0.465 e. The van der Waals surface area contributed by atoms with Crippen molar-refractivity contribution in [2.45, 2.75) is 19.5 Å². The van der Waals surface area contributed by atoms with Crippen molar-refractivity contribution < 1.29 is 9.90 Å². The summed E-state index contributed by atoms with van der Waals surface area (Å²) in [6.45, 7) is 2.52. The van der Waals surface area contributed by atoms with Gasteiger partial charge in [-0.3, -0.25) is 0 Å². The lowest BCUT2D eigenvalue weighted by Gasteiger charge is -2.25. The van der Waals surface area contributed by atoms with Crippen LogP contribution in [0.25, 0.3) is 0 Å². The molecule has 0 aromatic heterocycles. The molecule has 4 nitrogen and oxygen atoms in total. The molecule has 15 heavy (non-hydrogen) atoms. The zero-order chi connectivity index (χ0) is 11.3. The Kier molecular flexibility index (Phi) is 4.12. The van der Waals surface area contributed by atoms with Crippen molar-refractivity contribution in [1.29, 1.82) is 0 Å². The first kappa shape index (κ1) is 11.5. The molecule has 82 valence electrons. The maximum Gasteiger partial charge on any atom is 0.407 e. The minimum Gasteiger partial charge on any atom is -0.465 e. The van der Waals surface area contributed by atoms with E-state index in [-0.39, 0.29) is 6.04 Å². The summed E-state index contributed by atoms with van der Waals surface area (Å²) in [5.41, 5.74) is 6.43. The maximum atomic E-state index is 11.0. The molecule has 0 aliphatic rings. The number of carbonyl (C=O) groups is 1. The zero-order valence-corrected chi connectivity index (χ0v) is 8.76. The summed E-state index contributed by atoms with van der Waals surface area (Å²) in [7, 11) is 0. The topological polar surface area (TPSA) is 66.6 Å². The Labute approximate surface area is 89.3 Å². The van der Waals surface area contributed by atoms with Crippen LogP contribution >= 0.6 is 0 Å². The van der Waals surface area contributed by atoms with Crippen LogP contribution in [0.1, 0.15) is 12.5 Å². The van der Waals surface area contributed by atoms with Gasteiger partial charge in [-0.05, 0) is 12.5 Å². The molecule has 0 saturated heterocycles. The Morgan fingerprint density at radius 2 is 2.07 bits per heavy atom. The normalized spacial score (nSPS) is 12.1. The third-order valence-electron chi connectivity index (χ3n) is 2.31. The first-order valence-corrected chi connectivity index (χ1v) is 4.88. The number of nitrogens with two attached hydrogens (primary N) is 1. The molecule has 0 saturated carbocycles. The number of benzene rings is 1. The van der Waals surface area contributed by atoms with Crippen LogP contribution in [0.2, 0.25) is 0 Å². The van der Waals surface area contributed by atoms with E-state index in [4.69, 9.17) is 10.8 Å². The first-order valence-electron chi connectivity index (χ1n) is 4.88. The lowest BCUT2D eigenvalue weighted by molar-refractivity contribution is 0.126. The van der Waals surface area contributed by atoms with Gasteiger partial charge in [0.15, 0.2) is 0 Å². The maximum absolute atomic E-state index is 11.0. The summed E-state index contributed by atoms with van der Waals surface area (Å²) in [5, 5.41) is 9.01. The van der Waals surface area contributed by atoms with Gasteiger partial charge in [0.25, 0.3) is 0 Å². The van der Waals surface area contributed by atoms with Gasteiger partial charge in [0.2, 0.25) is 0 Å². The Hall–Kier alpha value is -1.55. The van der Waals surface area contributed by atoms with E-state index in [0.717, 1.165) is 5.56 Å². The molecule has 0 fully saturated rings. The summed E-state index contributed by atoms with van der Waals surface area (Å²) in [4.78, 5) is 12.3. The van der Waals surface area contributed by atoms with Crippen molar-refractivity contribution in [3.63, 3.8) is 0 Å². The molecular formula is C11H16N2O2. The second kappa shape index (κ2) is 5.36. The van der Waals surface area contributed by atoms with E-state index in [1.54, 1.807) is 6.92 Å². The third kappa shape index (κ3) is 3.25. The van der Waals surface area contributed by atoms with E-state index in [2.05, 4.69) is 0 Å².